The number of nitrogens with two attached hydrogens (primary N) is 1. The first-order chi connectivity index (χ1) is 10.3. The maximum atomic E-state index is 12.9. The summed E-state index contributed by atoms with van der Waals surface area (Å²) in [6.45, 7) is 0.533. The number of fused-ring (bicyclic) bond motifs is 1. The van der Waals surface area contributed by atoms with Gasteiger partial charge in [0.05, 0.1) is 5.52 Å². The van der Waals surface area contributed by atoms with Crippen LogP contribution in [-0.4, -0.2) is 9.97 Å². The van der Waals surface area contributed by atoms with E-state index in [9.17, 15) is 4.39 Å². The molecule has 0 fully saturated rings. The van der Waals surface area contributed by atoms with Crippen LogP contribution < -0.4 is 16.6 Å². The van der Waals surface area contributed by atoms with E-state index in [0.29, 0.717) is 18.3 Å². The molecule has 2 aromatic carbocycles. The van der Waals surface area contributed by atoms with Crippen molar-refractivity contribution < 1.29 is 4.39 Å². The predicted octanol–water partition coefficient (Wildman–Crippen LogP) is 2.67. The zero-order valence-electron chi connectivity index (χ0n) is 11.2. The first kappa shape index (κ1) is 13.3. The Morgan fingerprint density at radius 1 is 1.00 bits per heavy atom. The summed E-state index contributed by atoms with van der Waals surface area (Å²) in [5, 5.41) is 4.13. The number of nitrogens with zero attached hydrogens (tertiary/aromatic N) is 2. The number of para-hydroxylation sites is 1. The second-order valence-electron chi connectivity index (χ2n) is 4.54. The van der Waals surface area contributed by atoms with Crippen LogP contribution in [0.1, 0.15) is 5.56 Å². The van der Waals surface area contributed by atoms with Crippen LogP contribution >= 0.6 is 0 Å². The minimum Gasteiger partial charge on any atom is -0.365 e. The van der Waals surface area contributed by atoms with Gasteiger partial charge in [-0.05, 0) is 29.8 Å². The third-order valence-electron chi connectivity index (χ3n) is 3.11. The zero-order valence-corrected chi connectivity index (χ0v) is 11.2. The monoisotopic (exact) mass is 283 g/mol. The summed E-state index contributed by atoms with van der Waals surface area (Å²) in [7, 11) is 0. The largest absolute Gasteiger partial charge is 0.365 e. The molecule has 5 nitrogen and oxygen atoms in total. The number of benzene rings is 2. The molecule has 0 aliphatic carbocycles. The van der Waals surface area contributed by atoms with Gasteiger partial charge in [-0.1, -0.05) is 24.3 Å². The molecule has 0 saturated heterocycles. The van der Waals surface area contributed by atoms with Gasteiger partial charge in [-0.15, -0.1) is 0 Å². The lowest BCUT2D eigenvalue weighted by Crippen LogP contribution is -2.12. The highest BCUT2D eigenvalue weighted by atomic mass is 19.1. The van der Waals surface area contributed by atoms with E-state index >= 15 is 0 Å². The highest BCUT2D eigenvalue weighted by molar-refractivity contribution is 5.89. The SMILES string of the molecule is NNc1nc(NCc2ccc(F)cc2)c2ccccc2n1. The van der Waals surface area contributed by atoms with E-state index in [0.717, 1.165) is 16.5 Å². The maximum Gasteiger partial charge on any atom is 0.239 e. The van der Waals surface area contributed by atoms with Gasteiger partial charge in [-0.2, -0.15) is 4.98 Å². The number of rotatable bonds is 4. The topological polar surface area (TPSA) is 75.9 Å². The zero-order chi connectivity index (χ0) is 14.7. The van der Waals surface area contributed by atoms with Gasteiger partial charge in [-0.3, -0.25) is 5.43 Å². The van der Waals surface area contributed by atoms with Crippen LogP contribution in [0.3, 0.4) is 0 Å². The molecular formula is C15H14FN5. The molecule has 1 aromatic heterocycles. The van der Waals surface area contributed by atoms with Gasteiger partial charge < -0.3 is 5.32 Å². The van der Waals surface area contributed by atoms with Crippen LogP contribution in [0.4, 0.5) is 16.2 Å². The first-order valence-electron chi connectivity index (χ1n) is 6.48. The molecule has 21 heavy (non-hydrogen) atoms. The highest BCUT2D eigenvalue weighted by Crippen LogP contribution is 2.22. The Labute approximate surface area is 121 Å². The molecule has 3 rings (SSSR count). The summed E-state index contributed by atoms with van der Waals surface area (Å²) in [5.41, 5.74) is 4.21. The summed E-state index contributed by atoms with van der Waals surface area (Å²) >= 11 is 0. The number of halogens is 1. The van der Waals surface area contributed by atoms with E-state index in [1.54, 1.807) is 12.1 Å². The molecule has 0 aliphatic heterocycles. The van der Waals surface area contributed by atoms with E-state index in [1.807, 2.05) is 24.3 Å². The van der Waals surface area contributed by atoms with Crippen molar-refractivity contribution in [3.05, 3.63) is 59.9 Å². The maximum absolute atomic E-state index is 12.9. The molecule has 0 radical (unpaired) electrons. The van der Waals surface area contributed by atoms with Crippen molar-refractivity contribution >= 4 is 22.7 Å². The smallest absolute Gasteiger partial charge is 0.239 e. The van der Waals surface area contributed by atoms with E-state index < -0.39 is 0 Å². The van der Waals surface area contributed by atoms with Crippen molar-refractivity contribution in [2.75, 3.05) is 10.7 Å². The Hall–Kier alpha value is -2.73. The molecular weight excluding hydrogens is 269 g/mol. The Morgan fingerprint density at radius 2 is 1.76 bits per heavy atom. The average molecular weight is 283 g/mol. The Bertz CT molecular complexity index is 758. The van der Waals surface area contributed by atoms with E-state index in [-0.39, 0.29) is 5.82 Å². The lowest BCUT2D eigenvalue weighted by molar-refractivity contribution is 0.627. The number of hydrogen-bond donors (Lipinski definition) is 3. The second kappa shape index (κ2) is 5.72. The van der Waals surface area contributed by atoms with E-state index in [2.05, 4.69) is 20.7 Å². The number of anilines is 2. The minimum atomic E-state index is -0.249. The van der Waals surface area contributed by atoms with E-state index in [1.165, 1.54) is 12.1 Å². The minimum absolute atomic E-state index is 0.249. The number of nitrogens with one attached hydrogen (secondary N) is 2. The Balaban J connectivity index is 1.90. The lowest BCUT2D eigenvalue weighted by atomic mass is 10.2. The van der Waals surface area contributed by atoms with Crippen molar-refractivity contribution in [3.63, 3.8) is 0 Å². The third-order valence-corrected chi connectivity index (χ3v) is 3.11. The van der Waals surface area contributed by atoms with Crippen LogP contribution in [0.2, 0.25) is 0 Å². The van der Waals surface area contributed by atoms with Gasteiger partial charge in [0.1, 0.15) is 11.6 Å². The van der Waals surface area contributed by atoms with Crippen LogP contribution in [0, 0.1) is 5.82 Å². The molecule has 4 N–H and O–H groups in total. The molecule has 0 bridgehead atoms. The van der Waals surface area contributed by atoms with Gasteiger partial charge in [0.15, 0.2) is 0 Å². The normalized spacial score (nSPS) is 10.6. The van der Waals surface area contributed by atoms with Gasteiger partial charge in [0.2, 0.25) is 5.95 Å². The summed E-state index contributed by atoms with van der Waals surface area (Å²) in [4.78, 5) is 8.60. The second-order valence-corrected chi connectivity index (χ2v) is 4.54. The Kier molecular flexibility index (Phi) is 3.61. The van der Waals surface area contributed by atoms with Gasteiger partial charge in [0.25, 0.3) is 0 Å². The summed E-state index contributed by atoms with van der Waals surface area (Å²) in [6, 6.07) is 14.0. The quantitative estimate of drug-likeness (QED) is 0.507. The summed E-state index contributed by atoms with van der Waals surface area (Å²) in [5.74, 6) is 6.16. The van der Waals surface area contributed by atoms with Crippen molar-refractivity contribution in [3.8, 4) is 0 Å². The molecule has 0 saturated carbocycles. The highest BCUT2D eigenvalue weighted by Gasteiger charge is 2.06. The fraction of sp³-hybridized carbons (Fsp3) is 0.0667. The van der Waals surface area contributed by atoms with Crippen LogP contribution in [0.25, 0.3) is 10.9 Å². The summed E-state index contributed by atoms with van der Waals surface area (Å²) < 4.78 is 12.9. The van der Waals surface area contributed by atoms with Crippen LogP contribution in [0.15, 0.2) is 48.5 Å². The molecule has 0 amide bonds. The number of aromatic nitrogens is 2. The van der Waals surface area contributed by atoms with Crippen LogP contribution in [0.5, 0.6) is 0 Å². The molecule has 0 atom stereocenters. The van der Waals surface area contributed by atoms with E-state index in [4.69, 9.17) is 5.84 Å². The third kappa shape index (κ3) is 2.90. The molecule has 0 unspecified atom stereocenters. The fourth-order valence-corrected chi connectivity index (χ4v) is 2.06. The number of hydrazine groups is 1. The molecule has 6 heteroatoms. The molecule has 106 valence electrons. The average Bonchev–Trinajstić information content (AvgIpc) is 2.53. The molecule has 0 spiro atoms. The Morgan fingerprint density at radius 3 is 2.52 bits per heavy atom. The number of nitrogen functional groups attached to an aromatic ring is 1. The molecule has 3 aromatic rings. The summed E-state index contributed by atoms with van der Waals surface area (Å²) in [6.07, 6.45) is 0. The molecule has 0 aliphatic rings. The van der Waals surface area contributed by atoms with Crippen molar-refractivity contribution in [1.29, 1.82) is 0 Å². The standard InChI is InChI=1S/C15H14FN5/c16-11-7-5-10(6-8-11)9-18-14-12-3-1-2-4-13(12)19-15(20-14)21-17/h1-8H,9,17H2,(H2,18,19,20,21). The van der Waals surface area contributed by atoms with Crippen LogP contribution in [-0.2, 0) is 6.54 Å². The van der Waals surface area contributed by atoms with Crippen molar-refractivity contribution in [2.24, 2.45) is 5.84 Å². The van der Waals surface area contributed by atoms with Gasteiger partial charge in [0, 0.05) is 11.9 Å². The molecule has 1 heterocycles. The van der Waals surface area contributed by atoms with Gasteiger partial charge >= 0.3 is 0 Å². The van der Waals surface area contributed by atoms with Gasteiger partial charge in [-0.25, -0.2) is 15.2 Å². The van der Waals surface area contributed by atoms with Crippen molar-refractivity contribution in [1.82, 2.24) is 9.97 Å². The predicted molar refractivity (Wildman–Crippen MR) is 81.1 cm³/mol. The van der Waals surface area contributed by atoms with Crippen molar-refractivity contribution in [2.45, 2.75) is 6.54 Å². The number of hydrogen-bond acceptors (Lipinski definition) is 5. The first-order valence-corrected chi connectivity index (χ1v) is 6.48. The fourth-order valence-electron chi connectivity index (χ4n) is 2.06. The lowest BCUT2D eigenvalue weighted by Gasteiger charge is -2.10.